The van der Waals surface area contributed by atoms with Gasteiger partial charge in [0.15, 0.2) is 0 Å². The first kappa shape index (κ1) is 19.3. The summed E-state index contributed by atoms with van der Waals surface area (Å²) in [6, 6.07) is 12.7. The lowest BCUT2D eigenvalue weighted by Gasteiger charge is -2.21. The molecule has 138 valence electrons. The first-order valence-corrected chi connectivity index (χ1v) is 8.65. The molecule has 6 heteroatoms. The van der Waals surface area contributed by atoms with Crippen LogP contribution in [0.2, 0.25) is 0 Å². The number of hydrazone groups is 1. The van der Waals surface area contributed by atoms with Gasteiger partial charge in [0.1, 0.15) is 5.75 Å². The van der Waals surface area contributed by atoms with Crippen LogP contribution in [0.5, 0.6) is 5.75 Å². The number of carbonyl (C=O) groups is 1. The van der Waals surface area contributed by atoms with Crippen LogP contribution >= 0.6 is 0 Å². The summed E-state index contributed by atoms with van der Waals surface area (Å²) in [5, 5.41) is 14.1. The number of amides is 1. The summed E-state index contributed by atoms with van der Waals surface area (Å²) in [4.78, 5) is 16.3. The number of hydrogen-bond acceptors (Lipinski definition) is 5. The molecule has 2 rings (SSSR count). The Labute approximate surface area is 154 Å². The number of nitrogens with one attached hydrogen (secondary N) is 1. The molecule has 2 N–H and O–H groups in total. The van der Waals surface area contributed by atoms with Gasteiger partial charge in [-0.15, -0.1) is 0 Å². The normalized spacial score (nSPS) is 10.8. The van der Waals surface area contributed by atoms with E-state index in [1.54, 1.807) is 24.3 Å². The van der Waals surface area contributed by atoms with E-state index in [0.717, 1.165) is 24.5 Å². The van der Waals surface area contributed by atoms with Gasteiger partial charge in [0.25, 0.3) is 5.91 Å². The zero-order chi connectivity index (χ0) is 19.1. The Morgan fingerprint density at radius 1 is 1.12 bits per heavy atom. The summed E-state index contributed by atoms with van der Waals surface area (Å²) in [7, 11) is 3.83. The molecule has 26 heavy (non-hydrogen) atoms. The van der Waals surface area contributed by atoms with E-state index >= 15 is 0 Å². The fourth-order valence-corrected chi connectivity index (χ4v) is 2.58. The van der Waals surface area contributed by atoms with Crippen molar-refractivity contribution in [3.8, 4) is 5.75 Å². The monoisotopic (exact) mass is 354 g/mol. The molecular formula is C20H26N4O2. The largest absolute Gasteiger partial charge is 0.507 e. The van der Waals surface area contributed by atoms with Crippen molar-refractivity contribution >= 4 is 23.5 Å². The van der Waals surface area contributed by atoms with Crippen LogP contribution in [0.15, 0.2) is 47.6 Å². The van der Waals surface area contributed by atoms with Gasteiger partial charge in [0.2, 0.25) is 0 Å². The van der Waals surface area contributed by atoms with Crippen LogP contribution < -0.4 is 15.2 Å². The third kappa shape index (κ3) is 4.75. The van der Waals surface area contributed by atoms with Crippen molar-refractivity contribution in [1.82, 2.24) is 5.43 Å². The minimum atomic E-state index is -0.302. The second kappa shape index (κ2) is 8.89. The summed E-state index contributed by atoms with van der Waals surface area (Å²) < 4.78 is 0. The van der Waals surface area contributed by atoms with Crippen molar-refractivity contribution in [2.45, 2.75) is 13.8 Å². The van der Waals surface area contributed by atoms with Crippen LogP contribution in [0, 0.1) is 0 Å². The highest BCUT2D eigenvalue weighted by Gasteiger charge is 2.07. The molecule has 0 radical (unpaired) electrons. The molecule has 0 bridgehead atoms. The topological polar surface area (TPSA) is 68.2 Å². The van der Waals surface area contributed by atoms with E-state index in [9.17, 15) is 9.90 Å². The van der Waals surface area contributed by atoms with Gasteiger partial charge >= 0.3 is 0 Å². The summed E-state index contributed by atoms with van der Waals surface area (Å²) >= 11 is 0. The number of benzene rings is 2. The molecule has 0 unspecified atom stereocenters. The lowest BCUT2D eigenvalue weighted by Crippen LogP contribution is -2.21. The van der Waals surface area contributed by atoms with Crippen LogP contribution in [-0.4, -0.2) is 44.4 Å². The molecule has 0 spiro atoms. The Morgan fingerprint density at radius 3 is 2.46 bits per heavy atom. The predicted octanol–water partition coefficient (Wildman–Crippen LogP) is 3.07. The van der Waals surface area contributed by atoms with Gasteiger partial charge in [-0.25, -0.2) is 5.43 Å². The molecule has 2 aromatic rings. The first-order chi connectivity index (χ1) is 12.5. The maximum absolute atomic E-state index is 12.2. The van der Waals surface area contributed by atoms with Crippen molar-refractivity contribution in [1.29, 1.82) is 0 Å². The number of hydrogen-bond donors (Lipinski definition) is 2. The van der Waals surface area contributed by atoms with Crippen LogP contribution in [-0.2, 0) is 0 Å². The Balaban J connectivity index is 2.06. The SMILES string of the molecule is CCN(CC)c1ccc(/C=N/NC(=O)c2cccc(N(C)C)c2)c(O)c1. The number of phenols is 1. The summed E-state index contributed by atoms with van der Waals surface area (Å²) in [6.07, 6.45) is 1.44. The van der Waals surface area contributed by atoms with E-state index in [-0.39, 0.29) is 11.7 Å². The minimum Gasteiger partial charge on any atom is -0.507 e. The fraction of sp³-hybridized carbons (Fsp3) is 0.300. The van der Waals surface area contributed by atoms with Gasteiger partial charge in [-0.05, 0) is 44.2 Å². The van der Waals surface area contributed by atoms with E-state index in [2.05, 4.69) is 29.3 Å². The molecule has 0 saturated heterocycles. The standard InChI is InChI=1S/C20H26N4O2/c1-5-24(6-2)18-11-10-16(19(25)13-18)14-21-22-20(26)15-8-7-9-17(12-15)23(3)4/h7-14,25H,5-6H2,1-4H3,(H,22,26)/b21-14+. The summed E-state index contributed by atoms with van der Waals surface area (Å²) in [5.74, 6) is -0.175. The Kier molecular flexibility index (Phi) is 6.60. The van der Waals surface area contributed by atoms with Crippen LogP contribution in [0.4, 0.5) is 11.4 Å². The Hall–Kier alpha value is -3.02. The minimum absolute atomic E-state index is 0.127. The quantitative estimate of drug-likeness (QED) is 0.592. The van der Waals surface area contributed by atoms with Gasteiger partial charge in [-0.1, -0.05) is 6.07 Å². The maximum Gasteiger partial charge on any atom is 0.271 e. The van der Waals surface area contributed by atoms with E-state index < -0.39 is 0 Å². The summed E-state index contributed by atoms with van der Waals surface area (Å²) in [5.41, 5.74) is 5.45. The number of carbonyl (C=O) groups excluding carboxylic acids is 1. The van der Waals surface area contributed by atoms with Gasteiger partial charge < -0.3 is 14.9 Å². The maximum atomic E-state index is 12.2. The molecule has 2 aromatic carbocycles. The molecule has 0 aliphatic carbocycles. The molecular weight excluding hydrogens is 328 g/mol. The number of aromatic hydroxyl groups is 1. The number of anilines is 2. The fourth-order valence-electron chi connectivity index (χ4n) is 2.58. The molecule has 6 nitrogen and oxygen atoms in total. The molecule has 0 saturated carbocycles. The first-order valence-electron chi connectivity index (χ1n) is 8.65. The molecule has 0 aromatic heterocycles. The average Bonchev–Trinajstić information content (AvgIpc) is 2.64. The zero-order valence-electron chi connectivity index (χ0n) is 15.7. The highest BCUT2D eigenvalue weighted by molar-refractivity contribution is 5.96. The summed E-state index contributed by atoms with van der Waals surface area (Å²) in [6.45, 7) is 5.87. The highest BCUT2D eigenvalue weighted by atomic mass is 16.3. The van der Waals surface area contributed by atoms with Gasteiger partial charge in [0.05, 0.1) is 6.21 Å². The third-order valence-electron chi connectivity index (χ3n) is 4.14. The van der Waals surface area contributed by atoms with Crippen molar-refractivity contribution < 1.29 is 9.90 Å². The highest BCUT2D eigenvalue weighted by Crippen LogP contribution is 2.23. The van der Waals surface area contributed by atoms with Gasteiger partial charge in [-0.3, -0.25) is 4.79 Å². The Bertz CT molecular complexity index is 783. The van der Waals surface area contributed by atoms with E-state index in [1.807, 2.05) is 37.2 Å². The molecule has 0 aliphatic heterocycles. The van der Waals surface area contributed by atoms with Crippen molar-refractivity contribution in [2.24, 2.45) is 5.10 Å². The molecule has 0 heterocycles. The van der Waals surface area contributed by atoms with E-state index in [1.165, 1.54) is 6.21 Å². The molecule has 1 amide bonds. The molecule has 0 fully saturated rings. The second-order valence-electron chi connectivity index (χ2n) is 6.06. The van der Waals surface area contributed by atoms with Crippen molar-refractivity contribution in [3.63, 3.8) is 0 Å². The van der Waals surface area contributed by atoms with E-state index in [0.29, 0.717) is 11.1 Å². The molecule has 0 atom stereocenters. The van der Waals surface area contributed by atoms with Gasteiger partial charge in [0, 0.05) is 55.8 Å². The molecule has 0 aliphatic rings. The number of rotatable bonds is 7. The van der Waals surface area contributed by atoms with E-state index in [4.69, 9.17) is 0 Å². The van der Waals surface area contributed by atoms with Gasteiger partial charge in [-0.2, -0.15) is 5.10 Å². The van der Waals surface area contributed by atoms with Crippen molar-refractivity contribution in [2.75, 3.05) is 37.0 Å². The predicted molar refractivity (Wildman–Crippen MR) is 107 cm³/mol. The zero-order valence-corrected chi connectivity index (χ0v) is 15.7. The lowest BCUT2D eigenvalue weighted by molar-refractivity contribution is 0.0955. The third-order valence-corrected chi connectivity index (χ3v) is 4.14. The number of phenolic OH excluding ortho intramolecular Hbond substituents is 1. The Morgan fingerprint density at radius 2 is 1.85 bits per heavy atom. The number of nitrogens with zero attached hydrogens (tertiary/aromatic N) is 3. The average molecular weight is 354 g/mol. The van der Waals surface area contributed by atoms with Crippen LogP contribution in [0.1, 0.15) is 29.8 Å². The van der Waals surface area contributed by atoms with Crippen LogP contribution in [0.25, 0.3) is 0 Å². The van der Waals surface area contributed by atoms with Crippen LogP contribution in [0.3, 0.4) is 0 Å². The lowest BCUT2D eigenvalue weighted by atomic mass is 10.2. The second-order valence-corrected chi connectivity index (χ2v) is 6.06. The smallest absolute Gasteiger partial charge is 0.271 e. The van der Waals surface area contributed by atoms with Crippen molar-refractivity contribution in [3.05, 3.63) is 53.6 Å².